The lowest BCUT2D eigenvalue weighted by Crippen LogP contribution is -2.55. The topological polar surface area (TPSA) is 88.5 Å². The Labute approximate surface area is 208 Å². The Bertz CT molecular complexity index is 1480. The van der Waals surface area contributed by atoms with Crippen LogP contribution in [0.1, 0.15) is 33.6 Å². The Morgan fingerprint density at radius 2 is 1.92 bits per heavy atom. The maximum atomic E-state index is 13.4. The zero-order valence-electron chi connectivity index (χ0n) is 20.1. The number of hydrogen-bond donors (Lipinski definition) is 1. The van der Waals surface area contributed by atoms with Crippen LogP contribution in [0.5, 0.6) is 5.75 Å². The van der Waals surface area contributed by atoms with Crippen molar-refractivity contribution in [1.82, 2.24) is 9.88 Å². The highest BCUT2D eigenvalue weighted by molar-refractivity contribution is 5.95. The van der Waals surface area contributed by atoms with Crippen molar-refractivity contribution in [3.05, 3.63) is 105 Å². The number of benzene rings is 3. The van der Waals surface area contributed by atoms with Crippen molar-refractivity contribution >= 4 is 22.5 Å². The quantitative estimate of drug-likeness (QED) is 0.317. The van der Waals surface area contributed by atoms with Crippen LogP contribution in [0.4, 0.5) is 5.69 Å². The number of amides is 1. The summed E-state index contributed by atoms with van der Waals surface area (Å²) in [5.41, 5.74) is 4.67. The van der Waals surface area contributed by atoms with Gasteiger partial charge in [0.1, 0.15) is 5.75 Å². The van der Waals surface area contributed by atoms with Gasteiger partial charge in [0.15, 0.2) is 0 Å². The number of H-pyrrole nitrogens is 1. The van der Waals surface area contributed by atoms with E-state index in [1.54, 1.807) is 19.2 Å². The van der Waals surface area contributed by atoms with Gasteiger partial charge < -0.3 is 14.6 Å². The Hall–Kier alpha value is -4.13. The number of fused-ring (bicyclic) bond motifs is 4. The van der Waals surface area contributed by atoms with E-state index in [1.807, 2.05) is 53.4 Å². The third-order valence-corrected chi connectivity index (χ3v) is 8.14. The summed E-state index contributed by atoms with van der Waals surface area (Å²) in [5.74, 6) is 0.948. The van der Waals surface area contributed by atoms with E-state index < -0.39 is 0 Å². The molecule has 1 N–H and O–H groups in total. The SMILES string of the molecule is COc1cccc([C@]23CCN(C(=O)c4ccccc4)CC2Cc2c([nH]c4cccc([N+](=O)[O-])c24)C3)c1. The van der Waals surface area contributed by atoms with E-state index >= 15 is 0 Å². The molecule has 6 rings (SSSR count). The molecule has 0 bridgehead atoms. The first-order valence-corrected chi connectivity index (χ1v) is 12.3. The number of aromatic amines is 1. The number of ether oxygens (including phenoxy) is 1. The fraction of sp³-hybridized carbons (Fsp3) is 0.276. The summed E-state index contributed by atoms with van der Waals surface area (Å²) in [6, 6.07) is 22.8. The monoisotopic (exact) mass is 481 g/mol. The molecule has 2 atom stereocenters. The molecule has 182 valence electrons. The first-order chi connectivity index (χ1) is 17.5. The minimum atomic E-state index is -0.299. The van der Waals surface area contributed by atoms with Crippen LogP contribution in [0.3, 0.4) is 0 Å². The standard InChI is InChI=1S/C29H27N3O4/c1-36-22-10-5-9-20(15-22)29-13-14-31(28(33)19-7-3-2-4-8-19)18-21(29)16-23-25(17-29)30-24-11-6-12-26(27(23)24)32(34)35/h2-12,15,21,30H,13-14,16-18H2,1H3/t21?,29-/m1/s1. The molecule has 3 aromatic carbocycles. The molecule has 7 heteroatoms. The average Bonchev–Trinajstić information content (AvgIpc) is 3.28. The first-order valence-electron chi connectivity index (χ1n) is 12.3. The normalized spacial score (nSPS) is 21.0. The maximum Gasteiger partial charge on any atom is 0.279 e. The smallest absolute Gasteiger partial charge is 0.279 e. The number of piperidine rings is 1. The van der Waals surface area contributed by atoms with Crippen LogP contribution in [0.25, 0.3) is 10.9 Å². The number of nitro benzene ring substituents is 1. The van der Waals surface area contributed by atoms with Gasteiger partial charge >= 0.3 is 0 Å². The molecule has 1 aliphatic carbocycles. The molecule has 2 heterocycles. The second-order valence-corrected chi connectivity index (χ2v) is 9.87. The number of methoxy groups -OCH3 is 1. The molecule has 1 fully saturated rings. The van der Waals surface area contributed by atoms with Crippen LogP contribution in [0, 0.1) is 16.0 Å². The number of nitrogens with zero attached hydrogens (tertiary/aromatic N) is 2. The van der Waals surface area contributed by atoms with Gasteiger partial charge in [-0.25, -0.2) is 0 Å². The van der Waals surface area contributed by atoms with Crippen molar-refractivity contribution in [3.63, 3.8) is 0 Å². The summed E-state index contributed by atoms with van der Waals surface area (Å²) >= 11 is 0. The van der Waals surface area contributed by atoms with Crippen molar-refractivity contribution in [1.29, 1.82) is 0 Å². The van der Waals surface area contributed by atoms with Crippen molar-refractivity contribution in [2.45, 2.75) is 24.7 Å². The van der Waals surface area contributed by atoms with Crippen LogP contribution in [-0.2, 0) is 18.3 Å². The van der Waals surface area contributed by atoms with Crippen molar-refractivity contribution in [3.8, 4) is 5.75 Å². The molecule has 36 heavy (non-hydrogen) atoms. The van der Waals surface area contributed by atoms with E-state index in [-0.39, 0.29) is 27.9 Å². The van der Waals surface area contributed by atoms with E-state index in [0.29, 0.717) is 30.5 Å². The van der Waals surface area contributed by atoms with Gasteiger partial charge in [0.2, 0.25) is 0 Å². The number of non-ortho nitro benzene ring substituents is 1. The molecule has 1 unspecified atom stereocenters. The molecule has 0 spiro atoms. The van der Waals surface area contributed by atoms with E-state index in [4.69, 9.17) is 4.74 Å². The molecule has 2 aliphatic rings. The number of carbonyl (C=O) groups excluding carboxylic acids is 1. The predicted octanol–water partition coefficient (Wildman–Crippen LogP) is 5.28. The number of nitro groups is 1. The minimum Gasteiger partial charge on any atom is -0.497 e. The number of carbonyl (C=O) groups is 1. The Morgan fingerprint density at radius 1 is 1.11 bits per heavy atom. The summed E-state index contributed by atoms with van der Waals surface area (Å²) in [6.07, 6.45) is 2.20. The molecule has 1 aromatic heterocycles. The van der Waals surface area contributed by atoms with Gasteiger partial charge in [-0.05, 0) is 66.6 Å². The Kier molecular flexibility index (Phi) is 5.29. The lowest BCUT2D eigenvalue weighted by Gasteiger charge is -2.51. The molecule has 7 nitrogen and oxygen atoms in total. The number of likely N-dealkylation sites (tertiary alicyclic amines) is 1. The summed E-state index contributed by atoms with van der Waals surface area (Å²) in [7, 11) is 1.67. The third kappa shape index (κ3) is 3.46. The van der Waals surface area contributed by atoms with Crippen LogP contribution >= 0.6 is 0 Å². The summed E-state index contributed by atoms with van der Waals surface area (Å²) < 4.78 is 5.55. The molecule has 1 aliphatic heterocycles. The summed E-state index contributed by atoms with van der Waals surface area (Å²) in [4.78, 5) is 30.4. The van der Waals surface area contributed by atoms with Gasteiger partial charge in [-0.2, -0.15) is 0 Å². The predicted molar refractivity (Wildman–Crippen MR) is 137 cm³/mol. The molecule has 1 amide bonds. The zero-order chi connectivity index (χ0) is 24.9. The lowest BCUT2D eigenvalue weighted by atomic mass is 9.58. The number of rotatable bonds is 4. The highest BCUT2D eigenvalue weighted by Crippen LogP contribution is 2.50. The highest BCUT2D eigenvalue weighted by atomic mass is 16.6. The van der Waals surface area contributed by atoms with Gasteiger partial charge in [0, 0.05) is 35.8 Å². The second-order valence-electron chi connectivity index (χ2n) is 9.87. The molecular formula is C29H27N3O4. The van der Waals surface area contributed by atoms with Gasteiger partial charge in [-0.3, -0.25) is 14.9 Å². The number of nitrogens with one attached hydrogen (secondary N) is 1. The van der Waals surface area contributed by atoms with Gasteiger partial charge in [-0.15, -0.1) is 0 Å². The molecule has 1 saturated heterocycles. The zero-order valence-corrected chi connectivity index (χ0v) is 20.1. The fourth-order valence-electron chi connectivity index (χ4n) is 6.37. The van der Waals surface area contributed by atoms with E-state index in [1.165, 1.54) is 5.56 Å². The minimum absolute atomic E-state index is 0.0329. The van der Waals surface area contributed by atoms with Crippen LogP contribution in [0.15, 0.2) is 72.8 Å². The van der Waals surface area contributed by atoms with Crippen LogP contribution < -0.4 is 4.74 Å². The van der Waals surface area contributed by atoms with Crippen molar-refractivity contribution in [2.75, 3.05) is 20.2 Å². The molecule has 4 aromatic rings. The van der Waals surface area contributed by atoms with Crippen molar-refractivity contribution in [2.24, 2.45) is 5.92 Å². The van der Waals surface area contributed by atoms with Crippen LogP contribution in [0.2, 0.25) is 0 Å². The number of aromatic nitrogens is 1. The van der Waals surface area contributed by atoms with Gasteiger partial charge in [0.25, 0.3) is 11.6 Å². The largest absolute Gasteiger partial charge is 0.497 e. The Morgan fingerprint density at radius 3 is 2.69 bits per heavy atom. The summed E-state index contributed by atoms with van der Waals surface area (Å²) in [5, 5.41) is 12.6. The summed E-state index contributed by atoms with van der Waals surface area (Å²) in [6.45, 7) is 1.24. The van der Waals surface area contributed by atoms with E-state index in [0.717, 1.165) is 35.4 Å². The number of hydrogen-bond acceptors (Lipinski definition) is 4. The maximum absolute atomic E-state index is 13.4. The fourth-order valence-corrected chi connectivity index (χ4v) is 6.37. The second kappa shape index (κ2) is 8.52. The first kappa shape index (κ1) is 22.3. The lowest BCUT2D eigenvalue weighted by molar-refractivity contribution is -0.383. The highest BCUT2D eigenvalue weighted by Gasteiger charge is 2.49. The molecular weight excluding hydrogens is 454 g/mol. The van der Waals surface area contributed by atoms with Gasteiger partial charge in [0.05, 0.1) is 22.9 Å². The molecule has 0 saturated carbocycles. The van der Waals surface area contributed by atoms with E-state index in [9.17, 15) is 14.9 Å². The van der Waals surface area contributed by atoms with Crippen LogP contribution in [-0.4, -0.2) is 40.9 Å². The van der Waals surface area contributed by atoms with Gasteiger partial charge in [-0.1, -0.05) is 36.4 Å². The van der Waals surface area contributed by atoms with E-state index in [2.05, 4.69) is 17.1 Å². The third-order valence-electron chi connectivity index (χ3n) is 8.14. The van der Waals surface area contributed by atoms with Crippen molar-refractivity contribution < 1.29 is 14.5 Å². The Balaban J connectivity index is 1.46. The molecule has 0 radical (unpaired) electrons. The average molecular weight is 482 g/mol.